The van der Waals surface area contributed by atoms with Crippen molar-refractivity contribution in [3.63, 3.8) is 0 Å². The minimum absolute atomic E-state index is 0.146. The molecule has 1 saturated heterocycles. The Morgan fingerprint density at radius 1 is 1.41 bits per heavy atom. The Bertz CT molecular complexity index is 398. The fourth-order valence-corrected chi connectivity index (χ4v) is 2.35. The Balaban J connectivity index is 2.10. The minimum Gasteiger partial charge on any atom is -0.367 e. The van der Waals surface area contributed by atoms with Gasteiger partial charge in [0.15, 0.2) is 5.78 Å². The Labute approximate surface area is 103 Å². The van der Waals surface area contributed by atoms with Gasteiger partial charge >= 0.3 is 0 Å². The van der Waals surface area contributed by atoms with Crippen molar-refractivity contribution in [3.05, 3.63) is 35.4 Å². The van der Waals surface area contributed by atoms with E-state index in [-0.39, 0.29) is 18.0 Å². The molecule has 0 N–H and O–H groups in total. The minimum atomic E-state index is -0.220. The molecule has 0 amide bonds. The number of benzene rings is 1. The number of ether oxygens (including phenoxy) is 1. The molecule has 2 nitrogen and oxygen atoms in total. The van der Waals surface area contributed by atoms with E-state index in [0.717, 1.165) is 31.2 Å². The van der Waals surface area contributed by atoms with E-state index in [0.29, 0.717) is 0 Å². The molecule has 0 spiro atoms. The van der Waals surface area contributed by atoms with Gasteiger partial charge < -0.3 is 4.74 Å². The molecule has 2 unspecified atom stereocenters. The fraction of sp³-hybridized carbons (Fsp3) is 0.533. The molecule has 1 aromatic rings. The van der Waals surface area contributed by atoms with Gasteiger partial charge in [0.25, 0.3) is 0 Å². The summed E-state index contributed by atoms with van der Waals surface area (Å²) in [6.45, 7) is 4.18. The Morgan fingerprint density at radius 3 is 2.88 bits per heavy atom. The van der Waals surface area contributed by atoms with Crippen molar-refractivity contribution in [1.82, 2.24) is 0 Å². The summed E-state index contributed by atoms with van der Waals surface area (Å²) < 4.78 is 5.63. The zero-order valence-electron chi connectivity index (χ0n) is 10.6. The van der Waals surface area contributed by atoms with Crippen LogP contribution in [0.4, 0.5) is 0 Å². The first-order valence-electron chi connectivity index (χ1n) is 6.49. The van der Waals surface area contributed by atoms with E-state index in [4.69, 9.17) is 4.74 Å². The lowest BCUT2D eigenvalue weighted by atomic mass is 10.0. The Hall–Kier alpha value is -1.15. The summed E-state index contributed by atoms with van der Waals surface area (Å²) in [5.41, 5.74) is 2.04. The van der Waals surface area contributed by atoms with Gasteiger partial charge in [0, 0.05) is 5.56 Å². The first-order valence-corrected chi connectivity index (χ1v) is 6.49. The third-order valence-electron chi connectivity index (χ3n) is 3.27. The Kier molecular flexibility index (Phi) is 3.95. The standard InChI is InChI=1S/C15H20O2/c1-3-5-12-6-4-7-13(10-12)15(16)14-9-8-11(2)17-14/h4,6-7,10-11,14H,3,5,8-9H2,1-2H3. The van der Waals surface area contributed by atoms with Crippen LogP contribution in [-0.2, 0) is 11.2 Å². The van der Waals surface area contributed by atoms with Crippen molar-refractivity contribution in [3.8, 4) is 0 Å². The molecule has 0 aliphatic carbocycles. The summed E-state index contributed by atoms with van der Waals surface area (Å²) in [5.74, 6) is 0.146. The van der Waals surface area contributed by atoms with E-state index in [1.165, 1.54) is 5.56 Å². The van der Waals surface area contributed by atoms with Crippen LogP contribution >= 0.6 is 0 Å². The molecule has 0 aromatic heterocycles. The molecule has 0 radical (unpaired) electrons. The number of Topliss-reactive ketones (excluding diaryl/α,β-unsaturated/α-hetero) is 1. The molecule has 1 fully saturated rings. The van der Waals surface area contributed by atoms with Crippen molar-refractivity contribution in [1.29, 1.82) is 0 Å². The molecule has 2 heteroatoms. The number of hydrogen-bond acceptors (Lipinski definition) is 2. The van der Waals surface area contributed by atoms with Crippen LogP contribution in [0.15, 0.2) is 24.3 Å². The predicted molar refractivity (Wildman–Crippen MR) is 68.3 cm³/mol. The third-order valence-corrected chi connectivity index (χ3v) is 3.27. The molecular formula is C15H20O2. The number of rotatable bonds is 4. The van der Waals surface area contributed by atoms with Gasteiger partial charge in [-0.1, -0.05) is 31.5 Å². The van der Waals surface area contributed by atoms with Crippen LogP contribution in [0.25, 0.3) is 0 Å². The number of ketones is 1. The van der Waals surface area contributed by atoms with Crippen LogP contribution in [-0.4, -0.2) is 18.0 Å². The largest absolute Gasteiger partial charge is 0.367 e. The monoisotopic (exact) mass is 232 g/mol. The molecular weight excluding hydrogens is 212 g/mol. The topological polar surface area (TPSA) is 26.3 Å². The molecule has 0 saturated carbocycles. The van der Waals surface area contributed by atoms with Crippen molar-refractivity contribution in [2.45, 2.75) is 51.7 Å². The van der Waals surface area contributed by atoms with Gasteiger partial charge in [-0.3, -0.25) is 4.79 Å². The first-order chi connectivity index (χ1) is 8.20. The van der Waals surface area contributed by atoms with Crippen LogP contribution in [0.2, 0.25) is 0 Å². The van der Waals surface area contributed by atoms with Gasteiger partial charge in [-0.2, -0.15) is 0 Å². The number of carbonyl (C=O) groups excluding carboxylic acids is 1. The normalized spacial score (nSPS) is 23.9. The lowest BCUT2D eigenvalue weighted by Crippen LogP contribution is -2.20. The second kappa shape index (κ2) is 5.46. The molecule has 92 valence electrons. The summed E-state index contributed by atoms with van der Waals surface area (Å²) in [6, 6.07) is 7.96. The molecule has 0 bridgehead atoms. The van der Waals surface area contributed by atoms with Gasteiger partial charge in [0.1, 0.15) is 6.10 Å². The molecule has 1 aromatic carbocycles. The predicted octanol–water partition coefficient (Wildman–Crippen LogP) is 3.39. The first kappa shape index (κ1) is 12.3. The molecule has 1 heterocycles. The number of aryl methyl sites for hydroxylation is 1. The molecule has 2 atom stereocenters. The number of hydrogen-bond donors (Lipinski definition) is 0. The lowest BCUT2D eigenvalue weighted by Gasteiger charge is -2.10. The Morgan fingerprint density at radius 2 is 2.24 bits per heavy atom. The van der Waals surface area contributed by atoms with Crippen LogP contribution in [0.1, 0.15) is 49.0 Å². The molecule has 17 heavy (non-hydrogen) atoms. The highest BCUT2D eigenvalue weighted by atomic mass is 16.5. The van der Waals surface area contributed by atoms with Crippen molar-refractivity contribution in [2.24, 2.45) is 0 Å². The fourth-order valence-electron chi connectivity index (χ4n) is 2.35. The maximum Gasteiger partial charge on any atom is 0.191 e. The number of carbonyl (C=O) groups is 1. The maximum atomic E-state index is 12.2. The van der Waals surface area contributed by atoms with Crippen molar-refractivity contribution < 1.29 is 9.53 Å². The van der Waals surface area contributed by atoms with Gasteiger partial charge in [-0.05, 0) is 37.8 Å². The van der Waals surface area contributed by atoms with Gasteiger partial charge in [-0.25, -0.2) is 0 Å². The van der Waals surface area contributed by atoms with Crippen LogP contribution in [0.3, 0.4) is 0 Å². The van der Waals surface area contributed by atoms with Gasteiger partial charge in [-0.15, -0.1) is 0 Å². The van der Waals surface area contributed by atoms with Crippen molar-refractivity contribution >= 4 is 5.78 Å². The lowest BCUT2D eigenvalue weighted by molar-refractivity contribution is 0.0433. The van der Waals surface area contributed by atoms with E-state index in [9.17, 15) is 4.79 Å². The van der Waals surface area contributed by atoms with E-state index in [2.05, 4.69) is 13.0 Å². The van der Waals surface area contributed by atoms with Crippen LogP contribution in [0.5, 0.6) is 0 Å². The zero-order valence-corrected chi connectivity index (χ0v) is 10.6. The smallest absolute Gasteiger partial charge is 0.191 e. The highest BCUT2D eigenvalue weighted by Gasteiger charge is 2.28. The molecule has 1 aliphatic rings. The van der Waals surface area contributed by atoms with Gasteiger partial charge in [0.05, 0.1) is 6.10 Å². The summed E-state index contributed by atoms with van der Waals surface area (Å²) in [7, 11) is 0. The summed E-state index contributed by atoms with van der Waals surface area (Å²) in [6.07, 6.45) is 3.99. The summed E-state index contributed by atoms with van der Waals surface area (Å²) in [4.78, 5) is 12.2. The second-order valence-corrected chi connectivity index (χ2v) is 4.83. The summed E-state index contributed by atoms with van der Waals surface area (Å²) in [5, 5.41) is 0. The van der Waals surface area contributed by atoms with Crippen LogP contribution < -0.4 is 0 Å². The maximum absolute atomic E-state index is 12.2. The summed E-state index contributed by atoms with van der Waals surface area (Å²) >= 11 is 0. The SMILES string of the molecule is CCCc1cccc(C(=O)C2CCC(C)O2)c1. The van der Waals surface area contributed by atoms with E-state index in [1.54, 1.807) is 0 Å². The average molecular weight is 232 g/mol. The molecule has 2 rings (SSSR count). The highest BCUT2D eigenvalue weighted by molar-refractivity contribution is 5.99. The second-order valence-electron chi connectivity index (χ2n) is 4.83. The van der Waals surface area contributed by atoms with Gasteiger partial charge in [0.2, 0.25) is 0 Å². The quantitative estimate of drug-likeness (QED) is 0.744. The van der Waals surface area contributed by atoms with Crippen molar-refractivity contribution in [2.75, 3.05) is 0 Å². The molecule has 1 aliphatic heterocycles. The zero-order chi connectivity index (χ0) is 12.3. The highest BCUT2D eigenvalue weighted by Crippen LogP contribution is 2.23. The average Bonchev–Trinajstić information content (AvgIpc) is 2.76. The van der Waals surface area contributed by atoms with E-state index in [1.807, 2.05) is 25.1 Å². The third kappa shape index (κ3) is 2.95. The van der Waals surface area contributed by atoms with E-state index < -0.39 is 0 Å². The van der Waals surface area contributed by atoms with Crippen LogP contribution in [0, 0.1) is 0 Å². The van der Waals surface area contributed by atoms with E-state index >= 15 is 0 Å².